The molecule has 4 aromatic rings. The number of aromatic nitrogens is 5. The van der Waals surface area contributed by atoms with E-state index >= 15 is 0 Å². The van der Waals surface area contributed by atoms with Crippen molar-refractivity contribution in [3.05, 3.63) is 64.2 Å². The first-order chi connectivity index (χ1) is 13.5. The number of primary amides is 1. The Hall–Kier alpha value is -4.08. The van der Waals surface area contributed by atoms with Crippen molar-refractivity contribution < 1.29 is 9.18 Å². The van der Waals surface area contributed by atoms with Crippen molar-refractivity contribution in [2.24, 2.45) is 5.73 Å². The predicted octanol–water partition coefficient (Wildman–Crippen LogP) is 1.45. The van der Waals surface area contributed by atoms with E-state index in [-0.39, 0.29) is 5.56 Å². The van der Waals surface area contributed by atoms with E-state index in [2.05, 4.69) is 25.9 Å². The molecule has 10 heteroatoms. The number of amides is 1. The van der Waals surface area contributed by atoms with Crippen LogP contribution in [0.4, 0.5) is 10.1 Å². The van der Waals surface area contributed by atoms with Crippen LogP contribution in [0.15, 0.2) is 47.3 Å². The molecule has 0 fully saturated rings. The summed E-state index contributed by atoms with van der Waals surface area (Å²) in [7, 11) is 1.62. The quantitative estimate of drug-likeness (QED) is 0.492. The molecule has 0 saturated carbocycles. The standard InChI is InChI=1S/C18H14FN7O2/c1-21-14-8-11(19)6-10-7-13(16(20)27)18(28)26(15(10)14)12-4-2-9(3-5-12)17-22-24-25-23-17/h2-8,21H,1H3,(H2,20,27)(H,22,23,24,25). The molecule has 0 aliphatic rings. The second-order valence-corrected chi connectivity index (χ2v) is 5.99. The third-order valence-electron chi connectivity index (χ3n) is 4.32. The maximum absolute atomic E-state index is 14.0. The van der Waals surface area contributed by atoms with E-state index in [1.165, 1.54) is 22.8 Å². The number of carbonyl (C=O) groups is 1. The average Bonchev–Trinajstić information content (AvgIpc) is 3.22. The largest absolute Gasteiger partial charge is 0.386 e. The second-order valence-electron chi connectivity index (χ2n) is 5.99. The number of anilines is 1. The number of halogens is 1. The lowest BCUT2D eigenvalue weighted by molar-refractivity contribution is 0.0999. The van der Waals surface area contributed by atoms with Crippen LogP contribution in [0.2, 0.25) is 0 Å². The fraction of sp³-hybridized carbons (Fsp3) is 0.0556. The van der Waals surface area contributed by atoms with E-state index < -0.39 is 17.3 Å². The lowest BCUT2D eigenvalue weighted by Gasteiger charge is -2.16. The van der Waals surface area contributed by atoms with Gasteiger partial charge in [0.05, 0.1) is 11.2 Å². The molecule has 0 spiro atoms. The van der Waals surface area contributed by atoms with Gasteiger partial charge < -0.3 is 11.1 Å². The number of nitrogens with two attached hydrogens (primary N) is 1. The third-order valence-corrected chi connectivity index (χ3v) is 4.32. The molecule has 4 N–H and O–H groups in total. The Morgan fingerprint density at radius 3 is 2.57 bits per heavy atom. The normalized spacial score (nSPS) is 10.9. The summed E-state index contributed by atoms with van der Waals surface area (Å²) >= 11 is 0. The molecular weight excluding hydrogens is 365 g/mol. The van der Waals surface area contributed by atoms with Gasteiger partial charge in [-0.25, -0.2) is 4.39 Å². The van der Waals surface area contributed by atoms with Crippen LogP contribution in [0.3, 0.4) is 0 Å². The fourth-order valence-corrected chi connectivity index (χ4v) is 3.08. The van der Waals surface area contributed by atoms with Crippen molar-refractivity contribution in [1.82, 2.24) is 25.2 Å². The van der Waals surface area contributed by atoms with E-state index in [9.17, 15) is 14.0 Å². The fourth-order valence-electron chi connectivity index (χ4n) is 3.08. The van der Waals surface area contributed by atoms with Crippen molar-refractivity contribution in [1.29, 1.82) is 0 Å². The number of fused-ring (bicyclic) bond motifs is 1. The van der Waals surface area contributed by atoms with Crippen LogP contribution in [0, 0.1) is 5.82 Å². The molecule has 2 aromatic carbocycles. The molecule has 0 aliphatic heterocycles. The lowest BCUT2D eigenvalue weighted by atomic mass is 10.1. The van der Waals surface area contributed by atoms with Gasteiger partial charge >= 0.3 is 0 Å². The molecule has 0 atom stereocenters. The minimum absolute atomic E-state index is 0.234. The molecule has 140 valence electrons. The first-order valence-corrected chi connectivity index (χ1v) is 8.20. The molecule has 2 aromatic heterocycles. The molecule has 28 heavy (non-hydrogen) atoms. The predicted molar refractivity (Wildman–Crippen MR) is 101 cm³/mol. The molecule has 0 bridgehead atoms. The van der Waals surface area contributed by atoms with Crippen molar-refractivity contribution in [2.45, 2.75) is 0 Å². The van der Waals surface area contributed by atoms with Crippen molar-refractivity contribution in [3.8, 4) is 17.1 Å². The summed E-state index contributed by atoms with van der Waals surface area (Å²) in [5, 5.41) is 16.9. The molecule has 1 amide bonds. The Morgan fingerprint density at radius 1 is 1.21 bits per heavy atom. The highest BCUT2D eigenvalue weighted by molar-refractivity contribution is 5.99. The minimum atomic E-state index is -0.890. The topological polar surface area (TPSA) is 132 Å². The van der Waals surface area contributed by atoms with Gasteiger partial charge in [0.1, 0.15) is 11.4 Å². The molecule has 9 nitrogen and oxygen atoms in total. The first-order valence-electron chi connectivity index (χ1n) is 8.20. The zero-order valence-corrected chi connectivity index (χ0v) is 14.6. The number of H-pyrrole nitrogens is 1. The number of carbonyl (C=O) groups excluding carboxylic acids is 1. The van der Waals surface area contributed by atoms with Gasteiger partial charge in [-0.2, -0.15) is 5.21 Å². The SMILES string of the molecule is CNc1cc(F)cc2cc(C(N)=O)c(=O)n(-c3ccc(-c4nn[nH]n4)cc3)c12. The van der Waals surface area contributed by atoms with Gasteiger partial charge in [-0.1, -0.05) is 0 Å². The van der Waals surface area contributed by atoms with Crippen molar-refractivity contribution in [3.63, 3.8) is 0 Å². The molecule has 0 saturated heterocycles. The Labute approximate surface area is 157 Å². The Balaban J connectivity index is 2.03. The molecule has 0 unspecified atom stereocenters. The first kappa shape index (κ1) is 17.3. The zero-order chi connectivity index (χ0) is 19.8. The third kappa shape index (κ3) is 2.76. The van der Waals surface area contributed by atoms with Gasteiger partial charge in [0.2, 0.25) is 5.82 Å². The number of tetrazole rings is 1. The van der Waals surface area contributed by atoms with E-state index in [1.54, 1.807) is 31.3 Å². The van der Waals surface area contributed by atoms with Crippen LogP contribution in [0.5, 0.6) is 0 Å². The Morgan fingerprint density at radius 2 is 1.96 bits per heavy atom. The van der Waals surface area contributed by atoms with Gasteiger partial charge in [-0.05, 0) is 47.7 Å². The highest BCUT2D eigenvalue weighted by atomic mass is 19.1. The van der Waals surface area contributed by atoms with E-state index in [0.717, 1.165) is 0 Å². The highest BCUT2D eigenvalue weighted by Gasteiger charge is 2.18. The smallest absolute Gasteiger partial charge is 0.268 e. The Kier molecular flexibility index (Phi) is 4.07. The van der Waals surface area contributed by atoms with Crippen molar-refractivity contribution >= 4 is 22.5 Å². The number of hydrogen-bond acceptors (Lipinski definition) is 6. The van der Waals surface area contributed by atoms with Crippen LogP contribution in [0.1, 0.15) is 10.4 Å². The number of benzene rings is 2. The number of rotatable bonds is 4. The summed E-state index contributed by atoms with van der Waals surface area (Å²) < 4.78 is 15.3. The van der Waals surface area contributed by atoms with Crippen LogP contribution in [-0.2, 0) is 0 Å². The maximum Gasteiger partial charge on any atom is 0.268 e. The highest BCUT2D eigenvalue weighted by Crippen LogP contribution is 2.27. The molecule has 4 rings (SSSR count). The summed E-state index contributed by atoms with van der Waals surface area (Å²) in [4.78, 5) is 24.8. The summed E-state index contributed by atoms with van der Waals surface area (Å²) in [5.74, 6) is -1.00. The summed E-state index contributed by atoms with van der Waals surface area (Å²) in [6.07, 6.45) is 0. The molecule has 0 radical (unpaired) electrons. The summed E-state index contributed by atoms with van der Waals surface area (Å²) in [6, 6.07) is 10.6. The lowest BCUT2D eigenvalue weighted by Crippen LogP contribution is -2.29. The average molecular weight is 379 g/mol. The van der Waals surface area contributed by atoms with Gasteiger partial charge in [0.25, 0.3) is 11.5 Å². The van der Waals surface area contributed by atoms with Crippen LogP contribution in [0.25, 0.3) is 28.0 Å². The minimum Gasteiger partial charge on any atom is -0.386 e. The van der Waals surface area contributed by atoms with Gasteiger partial charge in [0, 0.05) is 23.7 Å². The van der Waals surface area contributed by atoms with Gasteiger partial charge in [0.15, 0.2) is 0 Å². The number of nitrogens with zero attached hydrogens (tertiary/aromatic N) is 4. The summed E-state index contributed by atoms with van der Waals surface area (Å²) in [5.41, 5.74) is 6.49. The number of pyridine rings is 1. The van der Waals surface area contributed by atoms with E-state index in [1.807, 2.05) is 0 Å². The second kappa shape index (κ2) is 6.58. The van der Waals surface area contributed by atoms with Crippen LogP contribution >= 0.6 is 0 Å². The van der Waals surface area contributed by atoms with Gasteiger partial charge in [-0.15, -0.1) is 10.2 Å². The monoisotopic (exact) mass is 379 g/mol. The number of aromatic amines is 1. The molecule has 2 heterocycles. The summed E-state index contributed by atoms with van der Waals surface area (Å²) in [6.45, 7) is 0. The van der Waals surface area contributed by atoms with E-state index in [0.29, 0.717) is 33.7 Å². The number of hydrogen-bond donors (Lipinski definition) is 3. The molecular formula is C18H14FN7O2. The zero-order valence-electron chi connectivity index (χ0n) is 14.6. The van der Waals surface area contributed by atoms with Crippen LogP contribution < -0.4 is 16.6 Å². The van der Waals surface area contributed by atoms with Gasteiger partial charge in [-0.3, -0.25) is 14.2 Å². The maximum atomic E-state index is 14.0. The Bertz CT molecular complexity index is 1250. The van der Waals surface area contributed by atoms with Crippen molar-refractivity contribution in [2.75, 3.05) is 12.4 Å². The van der Waals surface area contributed by atoms with E-state index in [4.69, 9.17) is 5.73 Å². The molecule has 0 aliphatic carbocycles. The number of nitrogens with one attached hydrogen (secondary N) is 2. The van der Waals surface area contributed by atoms with Crippen LogP contribution in [-0.4, -0.2) is 38.1 Å².